The second-order valence-electron chi connectivity index (χ2n) is 10.8. The average Bonchev–Trinajstić information content (AvgIpc) is 3.03. The maximum Gasteiger partial charge on any atom is 0.264 e. The fraction of sp³-hybridized carbons (Fsp3) is 0.235. The van der Waals surface area contributed by atoms with Gasteiger partial charge in [0, 0.05) is 24.0 Å². The van der Waals surface area contributed by atoms with Gasteiger partial charge in [0.15, 0.2) is 0 Å². The van der Waals surface area contributed by atoms with Gasteiger partial charge in [-0.15, -0.1) is 0 Å². The van der Waals surface area contributed by atoms with Crippen molar-refractivity contribution in [3.05, 3.63) is 123 Å². The lowest BCUT2D eigenvalue weighted by Crippen LogP contribution is -2.54. The van der Waals surface area contributed by atoms with Gasteiger partial charge in [-0.3, -0.25) is 13.9 Å². The molecule has 0 saturated heterocycles. The van der Waals surface area contributed by atoms with Gasteiger partial charge in [0.1, 0.15) is 18.3 Å². The zero-order chi connectivity index (χ0) is 33.4. The molecule has 4 aromatic carbocycles. The number of amides is 2. The Hall–Kier alpha value is -3.76. The van der Waals surface area contributed by atoms with Gasteiger partial charge in [0.05, 0.1) is 27.7 Å². The summed E-state index contributed by atoms with van der Waals surface area (Å²) in [6.45, 7) is 2.91. The summed E-state index contributed by atoms with van der Waals surface area (Å²) in [6, 6.07) is 25.2. The predicted octanol–water partition coefficient (Wildman–Crippen LogP) is 7.02. The Balaban J connectivity index is 1.86. The number of nitrogens with one attached hydrogen (secondary N) is 1. The molecule has 0 aliphatic rings. The zero-order valence-electron chi connectivity index (χ0n) is 25.5. The van der Waals surface area contributed by atoms with Gasteiger partial charge in [0.2, 0.25) is 11.8 Å². The number of ether oxygens (including phenoxy) is 1. The van der Waals surface area contributed by atoms with Crippen LogP contribution in [0.15, 0.2) is 102 Å². The van der Waals surface area contributed by atoms with E-state index in [9.17, 15) is 18.0 Å². The number of carbonyl (C=O) groups excluding carboxylic acids is 2. The molecular weight excluding hydrogens is 669 g/mol. The Labute approximate surface area is 284 Å². The van der Waals surface area contributed by atoms with Crippen molar-refractivity contribution in [2.45, 2.75) is 43.8 Å². The van der Waals surface area contributed by atoms with Crippen molar-refractivity contribution < 1.29 is 22.7 Å². The Bertz CT molecular complexity index is 1770. The molecule has 0 aromatic heterocycles. The van der Waals surface area contributed by atoms with Crippen molar-refractivity contribution in [2.24, 2.45) is 0 Å². The number of hydrogen-bond acceptors (Lipinski definition) is 5. The minimum absolute atomic E-state index is 0.0424. The Morgan fingerprint density at radius 3 is 2.09 bits per heavy atom. The van der Waals surface area contributed by atoms with E-state index in [1.807, 2.05) is 44.2 Å². The molecule has 0 radical (unpaired) electrons. The number of methoxy groups -OCH3 is 1. The summed E-state index contributed by atoms with van der Waals surface area (Å²) in [7, 11) is -2.94. The van der Waals surface area contributed by atoms with Crippen molar-refractivity contribution in [2.75, 3.05) is 18.0 Å². The monoisotopic (exact) mass is 701 g/mol. The molecule has 0 aliphatic heterocycles. The summed E-state index contributed by atoms with van der Waals surface area (Å²) in [4.78, 5) is 29.7. The first-order valence-corrected chi connectivity index (χ1v) is 17.0. The number of rotatable bonds is 13. The van der Waals surface area contributed by atoms with Crippen molar-refractivity contribution in [3.63, 3.8) is 0 Å². The fourth-order valence-corrected chi connectivity index (χ4v) is 6.79. The second-order valence-corrected chi connectivity index (χ2v) is 13.9. The molecule has 4 aromatic rings. The van der Waals surface area contributed by atoms with Crippen LogP contribution in [0.3, 0.4) is 0 Å². The zero-order valence-corrected chi connectivity index (χ0v) is 28.6. The third-order valence-corrected chi connectivity index (χ3v) is 9.81. The van der Waals surface area contributed by atoms with Gasteiger partial charge >= 0.3 is 0 Å². The van der Waals surface area contributed by atoms with Gasteiger partial charge < -0.3 is 15.0 Å². The lowest BCUT2D eigenvalue weighted by molar-refractivity contribution is -0.140. The van der Waals surface area contributed by atoms with Crippen LogP contribution in [-0.2, 0) is 32.6 Å². The van der Waals surface area contributed by atoms with Crippen molar-refractivity contribution in [1.29, 1.82) is 0 Å². The van der Waals surface area contributed by atoms with E-state index in [0.717, 1.165) is 9.87 Å². The number of hydrogen-bond donors (Lipinski definition) is 1. The Kier molecular flexibility index (Phi) is 12.0. The predicted molar refractivity (Wildman–Crippen MR) is 183 cm³/mol. The molecule has 0 bridgehead atoms. The average molecular weight is 703 g/mol. The molecule has 12 heteroatoms. The van der Waals surface area contributed by atoms with E-state index in [4.69, 9.17) is 39.5 Å². The number of anilines is 1. The van der Waals surface area contributed by atoms with E-state index in [1.54, 1.807) is 42.5 Å². The van der Waals surface area contributed by atoms with Gasteiger partial charge in [-0.25, -0.2) is 8.42 Å². The van der Waals surface area contributed by atoms with Crippen molar-refractivity contribution in [3.8, 4) is 5.75 Å². The molecule has 0 heterocycles. The minimum Gasteiger partial charge on any atom is -0.495 e. The van der Waals surface area contributed by atoms with Gasteiger partial charge in [-0.1, -0.05) is 89.4 Å². The quantitative estimate of drug-likeness (QED) is 0.162. The van der Waals surface area contributed by atoms with E-state index < -0.39 is 34.4 Å². The molecule has 0 fully saturated rings. The van der Waals surface area contributed by atoms with E-state index >= 15 is 0 Å². The van der Waals surface area contributed by atoms with Crippen LogP contribution in [0.2, 0.25) is 15.1 Å². The molecule has 4 rings (SSSR count). The van der Waals surface area contributed by atoms with Crippen molar-refractivity contribution in [1.82, 2.24) is 10.2 Å². The number of carbonyl (C=O) groups is 2. The van der Waals surface area contributed by atoms with Crippen molar-refractivity contribution >= 4 is 62.3 Å². The molecule has 1 N–H and O–H groups in total. The largest absolute Gasteiger partial charge is 0.495 e. The molecule has 1 atom stereocenters. The van der Waals surface area contributed by atoms with Gasteiger partial charge in [0.25, 0.3) is 10.0 Å². The van der Waals surface area contributed by atoms with Crippen LogP contribution in [0, 0.1) is 0 Å². The van der Waals surface area contributed by atoms with Gasteiger partial charge in [-0.2, -0.15) is 0 Å². The number of sulfonamides is 1. The molecule has 2 amide bonds. The normalized spacial score (nSPS) is 12.0. The highest BCUT2D eigenvalue weighted by atomic mass is 35.5. The first-order valence-electron chi connectivity index (χ1n) is 14.4. The van der Waals surface area contributed by atoms with Gasteiger partial charge in [-0.05, 0) is 67.4 Å². The lowest BCUT2D eigenvalue weighted by Gasteiger charge is -2.34. The third kappa shape index (κ3) is 8.73. The molecule has 0 unspecified atom stereocenters. The van der Waals surface area contributed by atoms with Crippen LogP contribution in [0.5, 0.6) is 5.75 Å². The summed E-state index contributed by atoms with van der Waals surface area (Å²) in [5.41, 5.74) is 1.47. The summed E-state index contributed by atoms with van der Waals surface area (Å²) in [5, 5.41) is 3.76. The Morgan fingerprint density at radius 1 is 0.826 bits per heavy atom. The maximum absolute atomic E-state index is 14.6. The SMILES string of the molecule is COc1ccc(Cl)cc1N(CC(=O)N(Cc1ccc(Cl)c(Cl)c1)[C@@H](Cc1ccccc1)C(=O)NC(C)C)S(=O)(=O)c1ccccc1. The molecule has 0 aliphatic carbocycles. The third-order valence-electron chi connectivity index (χ3n) is 7.06. The topological polar surface area (TPSA) is 96.0 Å². The highest BCUT2D eigenvalue weighted by Gasteiger charge is 2.36. The van der Waals surface area contributed by atoms with E-state index in [0.29, 0.717) is 10.6 Å². The summed E-state index contributed by atoms with van der Waals surface area (Å²) in [6.07, 6.45) is 0.165. The standard InChI is InChI=1S/C34H34Cl3N3O5S/c1-23(2)38-34(42)31(19-24-10-6-4-7-11-24)39(21-25-14-16-28(36)29(37)18-25)33(41)22-40(30-20-26(35)15-17-32(30)45-3)46(43,44)27-12-8-5-9-13-27/h4-18,20,23,31H,19,21-22H2,1-3H3,(H,38,42)/t31-/m0/s1. The number of halogens is 3. The summed E-state index contributed by atoms with van der Waals surface area (Å²) >= 11 is 18.8. The smallest absolute Gasteiger partial charge is 0.264 e. The first-order chi connectivity index (χ1) is 21.9. The van der Waals surface area contributed by atoms with E-state index in [-0.39, 0.29) is 45.4 Å². The molecule has 242 valence electrons. The van der Waals surface area contributed by atoms with E-state index in [2.05, 4.69) is 5.32 Å². The first kappa shape index (κ1) is 35.1. The van der Waals surface area contributed by atoms with E-state index in [1.165, 1.54) is 36.3 Å². The number of benzene rings is 4. The highest BCUT2D eigenvalue weighted by Crippen LogP contribution is 2.35. The summed E-state index contributed by atoms with van der Waals surface area (Å²) in [5.74, 6) is -0.858. The molecular formula is C34H34Cl3N3O5S. The van der Waals surface area contributed by atoms with Crippen LogP contribution in [0.1, 0.15) is 25.0 Å². The number of nitrogens with zero attached hydrogens (tertiary/aromatic N) is 2. The Morgan fingerprint density at radius 2 is 1.48 bits per heavy atom. The van der Waals surface area contributed by atoms with Crippen LogP contribution in [0.25, 0.3) is 0 Å². The van der Waals surface area contributed by atoms with Crippen LogP contribution in [-0.4, -0.2) is 50.9 Å². The minimum atomic E-state index is -4.33. The highest BCUT2D eigenvalue weighted by molar-refractivity contribution is 7.92. The van der Waals surface area contributed by atoms with Crippen LogP contribution < -0.4 is 14.4 Å². The lowest BCUT2D eigenvalue weighted by atomic mass is 10.0. The van der Waals surface area contributed by atoms with Crippen LogP contribution >= 0.6 is 34.8 Å². The fourth-order valence-electron chi connectivity index (χ4n) is 4.86. The summed E-state index contributed by atoms with van der Waals surface area (Å²) < 4.78 is 34.8. The molecule has 46 heavy (non-hydrogen) atoms. The molecule has 8 nitrogen and oxygen atoms in total. The second kappa shape index (κ2) is 15.7. The molecule has 0 spiro atoms. The molecule has 0 saturated carbocycles. The maximum atomic E-state index is 14.6. The van der Waals surface area contributed by atoms with Crippen LogP contribution in [0.4, 0.5) is 5.69 Å².